The highest BCUT2D eigenvalue weighted by atomic mass is 14.9. The van der Waals surface area contributed by atoms with Gasteiger partial charge in [0.2, 0.25) is 0 Å². The minimum Gasteiger partial charge on any atom is -0.359 e. The molecule has 0 aromatic heterocycles. The molecule has 0 aromatic carbocycles. The van der Waals surface area contributed by atoms with E-state index in [1.807, 2.05) is 57.2 Å². The summed E-state index contributed by atoms with van der Waals surface area (Å²) >= 11 is 0. The lowest BCUT2D eigenvalue weighted by Crippen LogP contribution is -2.14. The molecule has 20 heavy (non-hydrogen) atoms. The van der Waals surface area contributed by atoms with Gasteiger partial charge in [0, 0.05) is 35.6 Å². The summed E-state index contributed by atoms with van der Waals surface area (Å²) in [5.74, 6) is 0. The van der Waals surface area contributed by atoms with Gasteiger partial charge in [-0.2, -0.15) is 0 Å². The van der Waals surface area contributed by atoms with Crippen LogP contribution in [-0.2, 0) is 0 Å². The van der Waals surface area contributed by atoms with Crippen molar-refractivity contribution in [3.63, 3.8) is 0 Å². The normalized spacial score (nSPS) is 20.1. The van der Waals surface area contributed by atoms with E-state index in [1.54, 1.807) is 18.6 Å². The number of hydrogen-bond donors (Lipinski definition) is 1. The van der Waals surface area contributed by atoms with E-state index in [2.05, 4.69) is 21.9 Å². The predicted octanol–water partition coefficient (Wildman–Crippen LogP) is 4.07. The summed E-state index contributed by atoms with van der Waals surface area (Å²) in [5, 5.41) is 3.36. The van der Waals surface area contributed by atoms with Crippen molar-refractivity contribution in [1.82, 2.24) is 5.32 Å². The fourth-order valence-electron chi connectivity index (χ4n) is 1.70. The summed E-state index contributed by atoms with van der Waals surface area (Å²) in [6.07, 6.45) is 16.9. The van der Waals surface area contributed by atoms with Crippen LogP contribution in [-0.4, -0.2) is 11.9 Å². The van der Waals surface area contributed by atoms with E-state index < -0.39 is 0 Å². The molecule has 1 rings (SSSR count). The molecular formula is C17H21N3. The molecule has 0 unspecified atom stereocenters. The van der Waals surface area contributed by atoms with Crippen molar-refractivity contribution in [2.24, 2.45) is 9.98 Å². The minimum absolute atomic E-state index is 0.901. The van der Waals surface area contributed by atoms with Crippen LogP contribution in [0.25, 0.3) is 0 Å². The van der Waals surface area contributed by atoms with E-state index >= 15 is 0 Å². The molecule has 1 N–H and O–H groups in total. The van der Waals surface area contributed by atoms with Crippen molar-refractivity contribution in [3.05, 3.63) is 72.4 Å². The average molecular weight is 267 g/mol. The fraction of sp³-hybridized carbons (Fsp3) is 0.176. The Labute approximate surface area is 121 Å². The van der Waals surface area contributed by atoms with Crippen molar-refractivity contribution in [3.8, 4) is 0 Å². The van der Waals surface area contributed by atoms with Gasteiger partial charge in [-0.25, -0.2) is 0 Å². The molecule has 0 saturated heterocycles. The second-order valence-electron chi connectivity index (χ2n) is 4.05. The maximum absolute atomic E-state index is 4.28. The van der Waals surface area contributed by atoms with Crippen molar-refractivity contribution in [2.75, 3.05) is 0 Å². The summed E-state index contributed by atoms with van der Waals surface area (Å²) in [6.45, 7) is 9.54. The molecule has 0 heterocycles. The second kappa shape index (κ2) is 8.64. The van der Waals surface area contributed by atoms with Crippen molar-refractivity contribution >= 4 is 11.9 Å². The van der Waals surface area contributed by atoms with Crippen LogP contribution in [0.15, 0.2) is 82.4 Å². The Morgan fingerprint density at radius 3 is 2.65 bits per heavy atom. The molecule has 0 saturated carbocycles. The summed E-state index contributed by atoms with van der Waals surface area (Å²) in [6, 6.07) is 0. The molecule has 0 atom stereocenters. The molecule has 0 radical (unpaired) electrons. The molecule has 0 fully saturated rings. The Hall–Kier alpha value is -2.42. The first kappa shape index (κ1) is 15.6. The van der Waals surface area contributed by atoms with E-state index in [1.165, 1.54) is 0 Å². The predicted molar refractivity (Wildman–Crippen MR) is 88.8 cm³/mol. The molecule has 104 valence electrons. The highest BCUT2D eigenvalue weighted by Crippen LogP contribution is 2.13. The Morgan fingerprint density at radius 1 is 1.25 bits per heavy atom. The third-order valence-electron chi connectivity index (χ3n) is 2.67. The van der Waals surface area contributed by atoms with Crippen molar-refractivity contribution < 1.29 is 0 Å². The number of nitrogens with one attached hydrogen (secondary N) is 1. The van der Waals surface area contributed by atoms with E-state index in [0.29, 0.717) is 0 Å². The number of allylic oxidation sites excluding steroid dienone is 8. The molecule has 0 bridgehead atoms. The van der Waals surface area contributed by atoms with E-state index in [-0.39, 0.29) is 0 Å². The Kier molecular flexibility index (Phi) is 6.76. The van der Waals surface area contributed by atoms with Gasteiger partial charge < -0.3 is 5.32 Å². The first-order chi connectivity index (χ1) is 9.72. The molecule has 1 aliphatic rings. The topological polar surface area (TPSA) is 36.8 Å². The standard InChI is InChI=1S/C17H21N3/c1-5-15(12-13-18-6-2)20-14(4)16-10-8-9-11-17(16)19-7-3/h5-13,20H,3H2,1-2,4H3/b13-12-,15-5+,16-14+,18-6-,19-17-. The van der Waals surface area contributed by atoms with Crippen LogP contribution in [0.2, 0.25) is 0 Å². The van der Waals surface area contributed by atoms with Gasteiger partial charge in [0.25, 0.3) is 0 Å². The third-order valence-corrected chi connectivity index (χ3v) is 2.67. The van der Waals surface area contributed by atoms with Crippen LogP contribution < -0.4 is 5.32 Å². The van der Waals surface area contributed by atoms with Gasteiger partial charge in [0.1, 0.15) is 0 Å². The van der Waals surface area contributed by atoms with E-state index in [4.69, 9.17) is 0 Å². The zero-order chi connectivity index (χ0) is 14.8. The summed E-state index contributed by atoms with van der Waals surface area (Å²) in [7, 11) is 0. The van der Waals surface area contributed by atoms with Crippen LogP contribution in [0, 0.1) is 0 Å². The van der Waals surface area contributed by atoms with Crippen LogP contribution in [0.3, 0.4) is 0 Å². The fourth-order valence-corrected chi connectivity index (χ4v) is 1.70. The lowest BCUT2D eigenvalue weighted by Gasteiger charge is -2.13. The molecule has 3 heteroatoms. The highest BCUT2D eigenvalue weighted by molar-refractivity contribution is 6.12. The summed E-state index contributed by atoms with van der Waals surface area (Å²) in [4.78, 5) is 8.34. The van der Waals surface area contributed by atoms with Gasteiger partial charge in [0.15, 0.2) is 0 Å². The molecule has 3 nitrogen and oxygen atoms in total. The largest absolute Gasteiger partial charge is 0.359 e. The van der Waals surface area contributed by atoms with Gasteiger partial charge in [-0.15, -0.1) is 0 Å². The van der Waals surface area contributed by atoms with Crippen molar-refractivity contribution in [1.29, 1.82) is 0 Å². The zero-order valence-corrected chi connectivity index (χ0v) is 12.3. The number of rotatable bonds is 5. The zero-order valence-electron chi connectivity index (χ0n) is 12.3. The van der Waals surface area contributed by atoms with E-state index in [0.717, 1.165) is 22.7 Å². The molecule has 1 aliphatic carbocycles. The van der Waals surface area contributed by atoms with E-state index in [9.17, 15) is 0 Å². The van der Waals surface area contributed by atoms with Gasteiger partial charge in [0.05, 0.1) is 5.71 Å². The van der Waals surface area contributed by atoms with Gasteiger partial charge in [-0.1, -0.05) is 30.9 Å². The van der Waals surface area contributed by atoms with Crippen LogP contribution in [0.5, 0.6) is 0 Å². The maximum atomic E-state index is 4.28. The quantitative estimate of drug-likeness (QED) is 0.591. The second-order valence-corrected chi connectivity index (χ2v) is 4.05. The maximum Gasteiger partial charge on any atom is 0.0719 e. The number of nitrogens with zero attached hydrogens (tertiary/aromatic N) is 2. The monoisotopic (exact) mass is 267 g/mol. The highest BCUT2D eigenvalue weighted by Gasteiger charge is 2.07. The van der Waals surface area contributed by atoms with Gasteiger partial charge in [-0.05, 0) is 32.9 Å². The lowest BCUT2D eigenvalue weighted by atomic mass is 10.0. The average Bonchev–Trinajstić information content (AvgIpc) is 2.47. The molecule has 0 amide bonds. The number of hydrogen-bond acceptors (Lipinski definition) is 3. The Morgan fingerprint density at radius 2 is 2.00 bits per heavy atom. The van der Waals surface area contributed by atoms with Crippen LogP contribution in [0.4, 0.5) is 0 Å². The molecule has 0 aromatic rings. The first-order valence-electron chi connectivity index (χ1n) is 6.55. The van der Waals surface area contributed by atoms with Crippen molar-refractivity contribution in [2.45, 2.75) is 20.8 Å². The summed E-state index contributed by atoms with van der Waals surface area (Å²) < 4.78 is 0. The molecule has 0 spiro atoms. The Bertz CT molecular complexity index is 553. The van der Waals surface area contributed by atoms with Gasteiger partial charge in [-0.3, -0.25) is 9.98 Å². The van der Waals surface area contributed by atoms with Crippen LogP contribution >= 0.6 is 0 Å². The molecule has 0 aliphatic heterocycles. The summed E-state index contributed by atoms with van der Waals surface area (Å²) in [5.41, 5.74) is 3.98. The van der Waals surface area contributed by atoms with Crippen LogP contribution in [0.1, 0.15) is 20.8 Å². The third kappa shape index (κ3) is 4.69. The first-order valence-corrected chi connectivity index (χ1v) is 6.55. The molecular weight excluding hydrogens is 246 g/mol. The smallest absolute Gasteiger partial charge is 0.0719 e. The minimum atomic E-state index is 0.901. The van der Waals surface area contributed by atoms with Gasteiger partial charge >= 0.3 is 0 Å². The lowest BCUT2D eigenvalue weighted by molar-refractivity contribution is 0.989. The number of aliphatic imine (C=N–C) groups is 2. The SMILES string of the molecule is C=C/N=C1/C=CC=C/C1=C(/C)NC(/C=C\N=C/C)=C/C. The Balaban J connectivity index is 2.97.